The Morgan fingerprint density at radius 2 is 1.89 bits per heavy atom. The van der Waals surface area contributed by atoms with Crippen LogP contribution in [0.3, 0.4) is 0 Å². The number of halogens is 1. The van der Waals surface area contributed by atoms with Crippen LogP contribution >= 0.6 is 11.6 Å². The van der Waals surface area contributed by atoms with Crippen LogP contribution in [0.15, 0.2) is 47.3 Å². The molecule has 1 saturated heterocycles. The van der Waals surface area contributed by atoms with Gasteiger partial charge in [0.2, 0.25) is 0 Å². The minimum absolute atomic E-state index is 0.0726. The maximum atomic E-state index is 12.5. The number of nitrogens with zero attached hydrogens (tertiary/aromatic N) is 3. The number of benzene rings is 2. The number of Topliss-reactive ketones (excluding diaryl/α,β-unsaturated/α-hetero) is 1. The van der Waals surface area contributed by atoms with Crippen LogP contribution in [-0.4, -0.2) is 39.9 Å². The lowest BCUT2D eigenvalue weighted by Gasteiger charge is -2.32. The molecule has 0 amide bonds. The van der Waals surface area contributed by atoms with Crippen LogP contribution in [-0.2, 0) is 0 Å². The molecule has 0 unspecified atom stereocenters. The van der Waals surface area contributed by atoms with E-state index in [4.69, 9.17) is 16.9 Å². The molecule has 3 aromatic rings. The number of piperidine rings is 1. The Kier molecular flexibility index (Phi) is 5.03. The highest BCUT2D eigenvalue weighted by Gasteiger charge is 2.25. The number of carbonyl (C=O) groups is 1. The lowest BCUT2D eigenvalue weighted by molar-refractivity contribution is 0.0898. The van der Waals surface area contributed by atoms with Gasteiger partial charge in [-0.1, -0.05) is 11.6 Å². The van der Waals surface area contributed by atoms with E-state index in [0.29, 0.717) is 28.2 Å². The molecule has 1 aliphatic rings. The number of fused-ring (bicyclic) bond motifs is 1. The number of rotatable bonds is 4. The summed E-state index contributed by atoms with van der Waals surface area (Å²) in [6.45, 7) is 1.86. The van der Waals surface area contributed by atoms with Gasteiger partial charge >= 0.3 is 5.69 Å². The van der Waals surface area contributed by atoms with Gasteiger partial charge in [0.15, 0.2) is 5.78 Å². The Bertz CT molecular complexity index is 1120. The molecule has 0 aliphatic carbocycles. The first kappa shape index (κ1) is 18.5. The van der Waals surface area contributed by atoms with Crippen molar-refractivity contribution in [2.24, 2.45) is 0 Å². The number of hydrogen-bond donors (Lipinski definition) is 1. The summed E-state index contributed by atoms with van der Waals surface area (Å²) in [5, 5.41) is 9.64. The Hall–Kier alpha value is -2.88. The highest BCUT2D eigenvalue weighted by atomic mass is 35.5. The number of nitrogens with one attached hydrogen (secondary N) is 1. The molecule has 0 spiro atoms. The van der Waals surface area contributed by atoms with Gasteiger partial charge in [-0.3, -0.25) is 14.3 Å². The molecule has 1 fully saturated rings. The minimum Gasteiger partial charge on any atom is -0.305 e. The third-order valence-corrected chi connectivity index (χ3v) is 5.55. The van der Waals surface area contributed by atoms with Gasteiger partial charge in [-0.15, -0.1) is 0 Å². The van der Waals surface area contributed by atoms with Crippen LogP contribution < -0.4 is 5.69 Å². The molecule has 6 nitrogen and oxygen atoms in total. The molecule has 0 radical (unpaired) electrons. The summed E-state index contributed by atoms with van der Waals surface area (Å²) in [5.41, 5.74) is 2.54. The number of H-pyrrole nitrogens is 1. The van der Waals surface area contributed by atoms with Crippen molar-refractivity contribution in [1.29, 1.82) is 5.26 Å². The average molecular weight is 395 g/mol. The fourth-order valence-corrected chi connectivity index (χ4v) is 3.95. The summed E-state index contributed by atoms with van der Waals surface area (Å²) >= 11 is 5.88. The first-order chi connectivity index (χ1) is 13.5. The van der Waals surface area contributed by atoms with Crippen LogP contribution in [0.1, 0.15) is 34.8 Å². The number of likely N-dealkylation sites (tertiary alicyclic amines) is 1. The van der Waals surface area contributed by atoms with Gasteiger partial charge in [-0.25, -0.2) is 4.79 Å². The molecule has 4 rings (SSSR count). The molecule has 0 bridgehead atoms. The maximum absolute atomic E-state index is 12.5. The molecule has 1 N–H and O–H groups in total. The molecule has 28 heavy (non-hydrogen) atoms. The first-order valence-electron chi connectivity index (χ1n) is 9.20. The van der Waals surface area contributed by atoms with Crippen LogP contribution in [0, 0.1) is 11.3 Å². The number of hydrogen-bond acceptors (Lipinski definition) is 4. The topological polar surface area (TPSA) is 81.9 Å². The molecule has 142 valence electrons. The van der Waals surface area contributed by atoms with Gasteiger partial charge in [-0.05, 0) is 55.3 Å². The molecule has 0 atom stereocenters. The van der Waals surface area contributed by atoms with Crippen molar-refractivity contribution in [3.63, 3.8) is 0 Å². The molecule has 1 aromatic heterocycles. The zero-order valence-corrected chi connectivity index (χ0v) is 15.9. The summed E-state index contributed by atoms with van der Waals surface area (Å²) in [6.07, 6.45) is 1.58. The van der Waals surface area contributed by atoms with Crippen molar-refractivity contribution in [3.05, 3.63) is 69.1 Å². The summed E-state index contributed by atoms with van der Waals surface area (Å²) in [5.74, 6) is 0.0726. The molecule has 0 saturated carbocycles. The third-order valence-electron chi connectivity index (χ3n) is 5.30. The smallest absolute Gasteiger partial charge is 0.305 e. The van der Waals surface area contributed by atoms with Crippen LogP contribution in [0.5, 0.6) is 0 Å². The molecular weight excluding hydrogens is 376 g/mol. The van der Waals surface area contributed by atoms with E-state index < -0.39 is 0 Å². The number of imidazole rings is 1. The predicted octanol–water partition coefficient (Wildman–Crippen LogP) is 3.37. The van der Waals surface area contributed by atoms with Crippen molar-refractivity contribution < 1.29 is 4.79 Å². The van der Waals surface area contributed by atoms with E-state index in [1.165, 1.54) is 0 Å². The monoisotopic (exact) mass is 394 g/mol. The second kappa shape index (κ2) is 7.63. The number of carbonyl (C=O) groups excluding carboxylic acids is 1. The number of aromatic amines is 1. The van der Waals surface area contributed by atoms with Crippen molar-refractivity contribution in [1.82, 2.24) is 14.5 Å². The van der Waals surface area contributed by atoms with Gasteiger partial charge in [0.05, 0.1) is 29.2 Å². The van der Waals surface area contributed by atoms with Crippen molar-refractivity contribution in [2.75, 3.05) is 19.6 Å². The van der Waals surface area contributed by atoms with Crippen LogP contribution in [0.25, 0.3) is 11.0 Å². The van der Waals surface area contributed by atoms with E-state index in [-0.39, 0.29) is 17.5 Å². The van der Waals surface area contributed by atoms with Crippen LogP contribution in [0.4, 0.5) is 0 Å². The van der Waals surface area contributed by atoms with E-state index in [9.17, 15) is 9.59 Å². The minimum atomic E-state index is -0.152. The van der Waals surface area contributed by atoms with Crippen molar-refractivity contribution in [2.45, 2.75) is 18.9 Å². The summed E-state index contributed by atoms with van der Waals surface area (Å²) < 4.78 is 1.79. The van der Waals surface area contributed by atoms with Gasteiger partial charge in [-0.2, -0.15) is 5.26 Å². The summed E-state index contributed by atoms with van der Waals surface area (Å²) in [7, 11) is 0. The number of nitriles is 1. The van der Waals surface area contributed by atoms with Crippen molar-refractivity contribution in [3.8, 4) is 6.07 Å². The standard InChI is InChI=1S/C21H19ClN4O2/c22-16-4-2-15(3-5-16)20(27)13-25-9-7-17(8-10-25)26-19-6-1-14(12-23)11-18(19)24-21(26)28/h1-6,11,17H,7-10,13H2,(H,24,28). The number of aromatic nitrogens is 2. The Morgan fingerprint density at radius 3 is 2.57 bits per heavy atom. The quantitative estimate of drug-likeness (QED) is 0.688. The SMILES string of the molecule is N#Cc1ccc2c(c1)[nH]c(=O)n2C1CCN(CC(=O)c2ccc(Cl)cc2)CC1. The summed E-state index contributed by atoms with van der Waals surface area (Å²) in [4.78, 5) is 29.9. The van der Waals surface area contributed by atoms with Gasteiger partial charge in [0.25, 0.3) is 0 Å². The van der Waals surface area contributed by atoms with Gasteiger partial charge in [0, 0.05) is 29.7 Å². The molecular formula is C21H19ClN4O2. The molecule has 7 heteroatoms. The second-order valence-corrected chi connectivity index (χ2v) is 7.52. The maximum Gasteiger partial charge on any atom is 0.326 e. The lowest BCUT2D eigenvalue weighted by atomic mass is 10.0. The average Bonchev–Trinajstić information content (AvgIpc) is 3.03. The Labute approximate surface area is 167 Å². The predicted molar refractivity (Wildman–Crippen MR) is 108 cm³/mol. The number of ketones is 1. The van der Waals surface area contributed by atoms with Crippen molar-refractivity contribution >= 4 is 28.4 Å². The van der Waals surface area contributed by atoms with E-state index >= 15 is 0 Å². The molecule has 2 aromatic carbocycles. The lowest BCUT2D eigenvalue weighted by Crippen LogP contribution is -2.39. The fourth-order valence-electron chi connectivity index (χ4n) is 3.83. The Balaban J connectivity index is 1.44. The second-order valence-electron chi connectivity index (χ2n) is 7.08. The normalized spacial score (nSPS) is 15.6. The fraction of sp³-hybridized carbons (Fsp3) is 0.286. The van der Waals surface area contributed by atoms with E-state index in [0.717, 1.165) is 31.4 Å². The molecule has 2 heterocycles. The zero-order valence-electron chi connectivity index (χ0n) is 15.2. The Morgan fingerprint density at radius 1 is 1.18 bits per heavy atom. The highest BCUT2D eigenvalue weighted by Crippen LogP contribution is 2.25. The largest absolute Gasteiger partial charge is 0.326 e. The first-order valence-corrected chi connectivity index (χ1v) is 9.58. The van der Waals surface area contributed by atoms with E-state index in [2.05, 4.69) is 16.0 Å². The van der Waals surface area contributed by atoms with Crippen LogP contribution in [0.2, 0.25) is 5.02 Å². The summed E-state index contributed by atoms with van der Waals surface area (Å²) in [6, 6.07) is 14.4. The van der Waals surface area contributed by atoms with E-state index in [1.54, 1.807) is 41.0 Å². The third kappa shape index (κ3) is 3.59. The van der Waals surface area contributed by atoms with Gasteiger partial charge in [0.1, 0.15) is 0 Å². The van der Waals surface area contributed by atoms with E-state index in [1.807, 2.05) is 6.07 Å². The molecule has 1 aliphatic heterocycles. The highest BCUT2D eigenvalue weighted by molar-refractivity contribution is 6.30. The zero-order chi connectivity index (χ0) is 19.7. The van der Waals surface area contributed by atoms with Gasteiger partial charge < -0.3 is 4.98 Å².